The fraction of sp³-hybridized carbons (Fsp3) is 0.0149. The normalized spacial score (nSPS) is 15.1. The average molecular weight is 994 g/mol. The Kier molecular flexibility index (Phi) is 8.59. The van der Waals surface area contributed by atoms with Crippen LogP contribution in [-0.4, -0.2) is 31.9 Å². The summed E-state index contributed by atoms with van der Waals surface area (Å²) in [5.74, 6) is 0. The number of fused-ring (bicyclic) bond motifs is 17. The maximum atomic E-state index is 2.56. The molecule has 3 aliphatic rings. The van der Waals surface area contributed by atoms with Gasteiger partial charge in [-0.2, -0.15) is 0 Å². The van der Waals surface area contributed by atoms with E-state index in [0.717, 1.165) is 0 Å². The van der Waals surface area contributed by atoms with Gasteiger partial charge in [-0.15, -0.1) is 0 Å². The van der Waals surface area contributed by atoms with E-state index in [0.29, 0.717) is 16.5 Å². The zero-order valence-corrected chi connectivity index (χ0v) is 45.4. The van der Waals surface area contributed by atoms with E-state index < -0.39 is 20.8 Å². The monoisotopic (exact) mass is 996 g/mol. The van der Waals surface area contributed by atoms with Crippen LogP contribution in [0.2, 0.25) is 0 Å². The van der Waals surface area contributed by atoms with E-state index in [1.807, 2.05) is 0 Å². The van der Waals surface area contributed by atoms with Crippen molar-refractivity contribution in [3.05, 3.63) is 259 Å². The summed E-state index contributed by atoms with van der Waals surface area (Å²) in [5, 5.41) is 7.73. The fourth-order valence-electron chi connectivity index (χ4n) is 13.3. The molecule has 1 atom stereocenters. The van der Waals surface area contributed by atoms with Crippen LogP contribution >= 0.6 is 0 Å². The molecule has 0 fully saturated rings. The molecule has 0 saturated carbocycles. The van der Waals surface area contributed by atoms with Crippen LogP contribution in [0, 0.1) is 0 Å². The van der Waals surface area contributed by atoms with E-state index in [1.165, 1.54) is 137 Å². The molecular weight excluding hydrogens is 950 g/mol. The number of rotatable bonds is 4. The van der Waals surface area contributed by atoms with Gasteiger partial charge in [-0.1, -0.05) is 66.7 Å². The molecule has 12 aromatic rings. The van der Waals surface area contributed by atoms with Gasteiger partial charge < -0.3 is 0 Å². The van der Waals surface area contributed by atoms with E-state index >= 15 is 0 Å². The Bertz CT molecular complexity index is 4200. The van der Waals surface area contributed by atoms with Crippen LogP contribution in [0.3, 0.4) is 0 Å². The van der Waals surface area contributed by atoms with Gasteiger partial charge >= 0.3 is 331 Å². The first-order valence-electron chi connectivity index (χ1n) is 24.4. The molecule has 15 rings (SSSR count). The van der Waals surface area contributed by atoms with Crippen LogP contribution in [0.15, 0.2) is 237 Å². The summed E-state index contributed by atoms with van der Waals surface area (Å²) in [5.41, 5.74) is 23.6. The molecule has 1 unspecified atom stereocenters. The van der Waals surface area contributed by atoms with Gasteiger partial charge in [0.05, 0.1) is 0 Å². The third kappa shape index (κ3) is 5.42. The van der Waals surface area contributed by atoms with Gasteiger partial charge in [-0.25, -0.2) is 0 Å². The third-order valence-electron chi connectivity index (χ3n) is 16.1. The number of hydrogen-bond acceptors (Lipinski definition) is 0. The van der Waals surface area contributed by atoms with Crippen LogP contribution < -0.4 is 13.2 Å². The minimum atomic E-state index is -1.13. The second kappa shape index (κ2) is 15.0. The summed E-state index contributed by atoms with van der Waals surface area (Å²) in [6.07, 6.45) is 0. The van der Waals surface area contributed by atoms with Crippen molar-refractivity contribution in [3.63, 3.8) is 0 Å². The summed E-state index contributed by atoms with van der Waals surface area (Å²) in [6.45, 7) is 0. The van der Waals surface area contributed by atoms with Crippen molar-refractivity contribution in [2.24, 2.45) is 0 Å². The summed E-state index contributed by atoms with van der Waals surface area (Å²) < 4.78 is 4.64. The molecule has 0 bridgehead atoms. The Labute approximate surface area is 416 Å². The van der Waals surface area contributed by atoms with Gasteiger partial charge in [0.1, 0.15) is 0 Å². The second-order valence-corrected chi connectivity index (χ2v) is 25.6. The predicted molar refractivity (Wildman–Crippen MR) is 300 cm³/mol. The zero-order chi connectivity index (χ0) is 45.4. The quantitative estimate of drug-likeness (QED) is 0.122. The molecule has 0 amide bonds. The molecule has 1 aliphatic heterocycles. The van der Waals surface area contributed by atoms with Crippen molar-refractivity contribution >= 4 is 77.5 Å². The first-order valence-corrected chi connectivity index (χ1v) is 29.5. The van der Waals surface area contributed by atoms with Crippen molar-refractivity contribution in [1.82, 2.24) is 0 Å². The molecule has 0 radical (unpaired) electrons. The van der Waals surface area contributed by atoms with E-state index in [4.69, 9.17) is 0 Å². The van der Waals surface area contributed by atoms with Crippen molar-refractivity contribution in [2.45, 2.75) is 5.41 Å². The molecule has 69 heavy (non-hydrogen) atoms. The average Bonchev–Trinajstić information content (AvgIpc) is 4.05. The maximum absolute atomic E-state index is 2.56. The number of hydrogen-bond donors (Lipinski definition) is 0. The van der Waals surface area contributed by atoms with Crippen molar-refractivity contribution in [1.29, 1.82) is 0 Å². The van der Waals surface area contributed by atoms with Gasteiger partial charge in [0.15, 0.2) is 0 Å². The standard InChI is InChI=1S/C67H44Ge2/c68-60-34-11-7-21-46(60)43-20-4-3-19-42(43)44-25-13-27-48-54(44)39-55-45(47-29-16-36-62-66(47)52-24-8-12-35-61(52)69-62)26-14-28-49(55)63(48)53-30-15-33-58-65(53)51-23-6-10-32-57(51)67(58)56-31-9-5-22-50(56)64-41-18-2-1-17-40(41)37-38-59(64)67/h1-39H,69H2,68H3. The minimum absolute atomic E-state index is 0.477. The van der Waals surface area contributed by atoms with E-state index in [2.05, 4.69) is 237 Å². The van der Waals surface area contributed by atoms with Gasteiger partial charge in [0, 0.05) is 0 Å². The Morgan fingerprint density at radius 1 is 0.261 bits per heavy atom. The van der Waals surface area contributed by atoms with Crippen molar-refractivity contribution in [2.75, 3.05) is 0 Å². The Hall–Kier alpha value is -7.49. The van der Waals surface area contributed by atoms with Crippen LogP contribution in [0.5, 0.6) is 0 Å². The van der Waals surface area contributed by atoms with Crippen LogP contribution in [-0.2, 0) is 5.41 Å². The third-order valence-corrected chi connectivity index (χ3v) is 22.0. The molecule has 0 aromatic heterocycles. The predicted octanol–water partition coefficient (Wildman–Crippen LogP) is 13.2. The van der Waals surface area contributed by atoms with Crippen molar-refractivity contribution < 1.29 is 0 Å². The first-order chi connectivity index (χ1) is 34.2. The SMILES string of the molecule is [GeH3][c]1ccccc1-c1ccccc1-c1cccc2c(-c3cccc4c3-c3ccccc3C43c4ccccc4-c4c3ccc3ccccc43)c3cccc(-c4ccc[c]5c4-c4cccc[c]4[GeH2]5)c3cc12. The molecular formula is C67H44Ge2. The molecule has 0 N–H and O–H groups in total. The zero-order valence-electron chi connectivity index (χ0n) is 38.2. The summed E-state index contributed by atoms with van der Waals surface area (Å²) in [6, 6.07) is 90.8. The molecule has 1 heterocycles. The summed E-state index contributed by atoms with van der Waals surface area (Å²) in [7, 11) is 0. The Morgan fingerprint density at radius 2 is 0.739 bits per heavy atom. The van der Waals surface area contributed by atoms with Crippen LogP contribution in [0.1, 0.15) is 22.3 Å². The van der Waals surface area contributed by atoms with Crippen molar-refractivity contribution in [3.8, 4) is 77.9 Å². The molecule has 320 valence electrons. The van der Waals surface area contributed by atoms with Crippen LogP contribution in [0.25, 0.3) is 110 Å². The second-order valence-electron chi connectivity index (χ2n) is 19.4. The molecule has 12 aromatic carbocycles. The first kappa shape index (κ1) is 39.5. The molecule has 2 aliphatic carbocycles. The van der Waals surface area contributed by atoms with Crippen LogP contribution in [0.4, 0.5) is 0 Å². The van der Waals surface area contributed by atoms with E-state index in [-0.39, 0.29) is 0 Å². The number of benzene rings is 12. The molecule has 1 spiro atoms. The van der Waals surface area contributed by atoms with Gasteiger partial charge in [-0.3, -0.25) is 0 Å². The van der Waals surface area contributed by atoms with E-state index in [1.54, 1.807) is 8.79 Å². The van der Waals surface area contributed by atoms with E-state index in [9.17, 15) is 0 Å². The molecule has 0 nitrogen and oxygen atoms in total. The fourth-order valence-corrected chi connectivity index (χ4v) is 18.8. The van der Waals surface area contributed by atoms with Gasteiger partial charge in [0.2, 0.25) is 0 Å². The Morgan fingerprint density at radius 3 is 1.49 bits per heavy atom. The molecule has 0 saturated heterocycles. The summed E-state index contributed by atoms with van der Waals surface area (Å²) >= 11 is -0.604. The van der Waals surface area contributed by atoms with Gasteiger partial charge in [0.25, 0.3) is 0 Å². The topological polar surface area (TPSA) is 0 Å². The summed E-state index contributed by atoms with van der Waals surface area (Å²) in [4.78, 5) is 0. The van der Waals surface area contributed by atoms with Gasteiger partial charge in [-0.05, 0) is 21.9 Å². The Balaban J connectivity index is 1.08. The molecule has 2 heteroatoms.